The van der Waals surface area contributed by atoms with Gasteiger partial charge in [0.1, 0.15) is 0 Å². The number of aryl methyl sites for hydroxylation is 1. The zero-order valence-corrected chi connectivity index (χ0v) is 12.7. The number of hydrogen-bond donors (Lipinski definition) is 1. The van der Waals surface area contributed by atoms with Gasteiger partial charge in [0.05, 0.1) is 11.2 Å². The molecule has 2 nitrogen and oxygen atoms in total. The van der Waals surface area contributed by atoms with Gasteiger partial charge < -0.3 is 5.32 Å². The minimum absolute atomic E-state index is 0.448. The van der Waals surface area contributed by atoms with E-state index in [1.807, 2.05) is 5.51 Å². The molecule has 1 aliphatic carbocycles. The smallest absolute Gasteiger partial charge is 0.0798 e. The summed E-state index contributed by atoms with van der Waals surface area (Å²) in [5.74, 6) is 0.888. The summed E-state index contributed by atoms with van der Waals surface area (Å²) >= 11 is 1.78. The first-order valence-corrected chi connectivity index (χ1v) is 8.26. The average Bonchev–Trinajstić information content (AvgIpc) is 2.83. The van der Waals surface area contributed by atoms with Crippen LogP contribution < -0.4 is 5.32 Å². The lowest BCUT2D eigenvalue weighted by molar-refractivity contribution is 0.250. The topological polar surface area (TPSA) is 24.9 Å². The van der Waals surface area contributed by atoms with Crippen LogP contribution in [0.25, 0.3) is 0 Å². The first-order valence-electron chi connectivity index (χ1n) is 7.38. The predicted octanol–water partition coefficient (Wildman–Crippen LogP) is 4.46. The third-order valence-corrected chi connectivity index (χ3v) is 5.41. The fourth-order valence-electron chi connectivity index (χ4n) is 3.25. The van der Waals surface area contributed by atoms with Gasteiger partial charge in [-0.2, -0.15) is 0 Å². The molecule has 102 valence electrons. The van der Waals surface area contributed by atoms with Crippen molar-refractivity contribution in [3.05, 3.63) is 16.1 Å². The van der Waals surface area contributed by atoms with Gasteiger partial charge in [-0.05, 0) is 39.0 Å². The molecule has 3 heteroatoms. The second-order valence-corrected chi connectivity index (χ2v) is 6.49. The van der Waals surface area contributed by atoms with Gasteiger partial charge in [0.2, 0.25) is 0 Å². The first kappa shape index (κ1) is 14.0. The van der Waals surface area contributed by atoms with Crippen LogP contribution in [0.2, 0.25) is 0 Å². The average molecular weight is 266 g/mol. The quantitative estimate of drug-likeness (QED) is 0.851. The van der Waals surface area contributed by atoms with E-state index in [1.54, 1.807) is 11.3 Å². The Balaban J connectivity index is 1.95. The number of nitrogens with zero attached hydrogens (tertiary/aromatic N) is 1. The van der Waals surface area contributed by atoms with Gasteiger partial charge >= 0.3 is 0 Å². The Morgan fingerprint density at radius 2 is 2.11 bits per heavy atom. The summed E-state index contributed by atoms with van der Waals surface area (Å²) in [6, 6.07) is 1.13. The van der Waals surface area contributed by atoms with Crippen LogP contribution in [-0.2, 0) is 0 Å². The summed E-state index contributed by atoms with van der Waals surface area (Å²) in [4.78, 5) is 5.77. The summed E-state index contributed by atoms with van der Waals surface area (Å²) in [6.07, 6.45) is 8.37. The molecule has 18 heavy (non-hydrogen) atoms. The Bertz CT molecular complexity index is 355. The Labute approximate surface area is 115 Å². The first-order chi connectivity index (χ1) is 8.72. The maximum Gasteiger partial charge on any atom is 0.0798 e. The molecule has 1 aromatic heterocycles. The second kappa shape index (κ2) is 6.67. The van der Waals surface area contributed by atoms with E-state index in [2.05, 4.69) is 31.1 Å². The lowest BCUT2D eigenvalue weighted by Crippen LogP contribution is -2.38. The van der Waals surface area contributed by atoms with Crippen molar-refractivity contribution in [3.8, 4) is 0 Å². The van der Waals surface area contributed by atoms with E-state index < -0.39 is 0 Å². The third-order valence-electron chi connectivity index (χ3n) is 4.30. The molecule has 1 heterocycles. The maximum absolute atomic E-state index is 4.36. The fraction of sp³-hybridized carbons (Fsp3) is 0.800. The molecular formula is C15H26N2S. The van der Waals surface area contributed by atoms with Crippen molar-refractivity contribution in [3.63, 3.8) is 0 Å². The van der Waals surface area contributed by atoms with E-state index in [0.717, 1.165) is 5.92 Å². The summed E-state index contributed by atoms with van der Waals surface area (Å²) < 4.78 is 0. The Hall–Kier alpha value is -0.410. The van der Waals surface area contributed by atoms with Crippen LogP contribution in [0.15, 0.2) is 5.51 Å². The summed E-state index contributed by atoms with van der Waals surface area (Å²) in [5, 5.41) is 3.85. The molecule has 0 amide bonds. The number of rotatable bonds is 5. The van der Waals surface area contributed by atoms with E-state index in [0.29, 0.717) is 12.1 Å². The van der Waals surface area contributed by atoms with Crippen molar-refractivity contribution >= 4 is 11.3 Å². The van der Waals surface area contributed by atoms with Crippen LogP contribution in [0.5, 0.6) is 0 Å². The fourth-order valence-corrected chi connectivity index (χ4v) is 4.07. The Kier molecular flexibility index (Phi) is 5.19. The van der Waals surface area contributed by atoms with Gasteiger partial charge in [-0.1, -0.05) is 26.2 Å². The van der Waals surface area contributed by atoms with Crippen molar-refractivity contribution in [2.24, 2.45) is 5.92 Å². The van der Waals surface area contributed by atoms with Crippen LogP contribution >= 0.6 is 11.3 Å². The molecule has 2 rings (SSSR count). The van der Waals surface area contributed by atoms with Crippen LogP contribution in [0, 0.1) is 12.8 Å². The normalized spacial score (nSPS) is 20.8. The number of hydrogen-bond acceptors (Lipinski definition) is 3. The van der Waals surface area contributed by atoms with Crippen molar-refractivity contribution in [2.45, 2.75) is 71.4 Å². The molecule has 2 atom stereocenters. The lowest BCUT2D eigenvalue weighted by Gasteiger charge is -2.32. The van der Waals surface area contributed by atoms with Gasteiger partial charge in [0.15, 0.2) is 0 Å². The van der Waals surface area contributed by atoms with Crippen LogP contribution in [-0.4, -0.2) is 11.0 Å². The summed E-state index contributed by atoms with van der Waals surface area (Å²) in [6.45, 7) is 6.72. The van der Waals surface area contributed by atoms with Crippen molar-refractivity contribution in [1.29, 1.82) is 0 Å². The van der Waals surface area contributed by atoms with E-state index >= 15 is 0 Å². The molecule has 0 aliphatic heterocycles. The molecule has 0 bridgehead atoms. The Morgan fingerprint density at radius 3 is 2.67 bits per heavy atom. The van der Waals surface area contributed by atoms with Gasteiger partial charge in [0, 0.05) is 17.0 Å². The lowest BCUT2D eigenvalue weighted by atomic mass is 9.82. The van der Waals surface area contributed by atoms with Crippen LogP contribution in [0.3, 0.4) is 0 Å². The van der Waals surface area contributed by atoms with Gasteiger partial charge in [-0.15, -0.1) is 11.3 Å². The minimum Gasteiger partial charge on any atom is -0.306 e. The van der Waals surface area contributed by atoms with Gasteiger partial charge in [-0.25, -0.2) is 4.98 Å². The minimum atomic E-state index is 0.448. The molecule has 0 spiro atoms. The number of nitrogens with one attached hydrogen (secondary N) is 1. The highest BCUT2D eigenvalue weighted by molar-refractivity contribution is 7.09. The summed E-state index contributed by atoms with van der Waals surface area (Å²) in [5.41, 5.74) is 3.16. The Morgan fingerprint density at radius 1 is 1.39 bits per heavy atom. The second-order valence-electron chi connectivity index (χ2n) is 5.60. The monoisotopic (exact) mass is 266 g/mol. The molecular weight excluding hydrogens is 240 g/mol. The van der Waals surface area contributed by atoms with Crippen molar-refractivity contribution < 1.29 is 0 Å². The highest BCUT2D eigenvalue weighted by atomic mass is 32.1. The zero-order chi connectivity index (χ0) is 13.0. The van der Waals surface area contributed by atoms with Crippen molar-refractivity contribution in [1.82, 2.24) is 10.3 Å². The molecule has 1 fully saturated rings. The van der Waals surface area contributed by atoms with Crippen LogP contribution in [0.4, 0.5) is 0 Å². The molecule has 0 saturated heterocycles. The SMILES string of the molecule is CCC(NC(C)c1scnc1C)C1CCCCC1. The van der Waals surface area contributed by atoms with E-state index in [1.165, 1.54) is 49.1 Å². The molecule has 0 aromatic carbocycles. The van der Waals surface area contributed by atoms with Gasteiger partial charge in [0.25, 0.3) is 0 Å². The molecule has 1 aromatic rings. The zero-order valence-electron chi connectivity index (χ0n) is 11.9. The molecule has 0 radical (unpaired) electrons. The molecule has 1 aliphatic rings. The summed E-state index contributed by atoms with van der Waals surface area (Å²) in [7, 11) is 0. The van der Waals surface area contributed by atoms with E-state index in [-0.39, 0.29) is 0 Å². The van der Waals surface area contributed by atoms with Crippen LogP contribution in [0.1, 0.15) is 69.0 Å². The largest absolute Gasteiger partial charge is 0.306 e. The molecule has 1 N–H and O–H groups in total. The number of aromatic nitrogens is 1. The highest BCUT2D eigenvalue weighted by Gasteiger charge is 2.24. The highest BCUT2D eigenvalue weighted by Crippen LogP contribution is 2.30. The predicted molar refractivity (Wildman–Crippen MR) is 79.1 cm³/mol. The standard InChI is InChI=1S/C15H26N2S/c1-4-14(13-8-6-5-7-9-13)17-12(3)15-11(2)16-10-18-15/h10,12-14,17H,4-9H2,1-3H3. The third kappa shape index (κ3) is 3.33. The van der Waals surface area contributed by atoms with E-state index in [4.69, 9.17) is 0 Å². The molecule has 2 unspecified atom stereocenters. The maximum atomic E-state index is 4.36. The van der Waals surface area contributed by atoms with Gasteiger partial charge in [-0.3, -0.25) is 0 Å². The van der Waals surface area contributed by atoms with Crippen molar-refractivity contribution in [2.75, 3.05) is 0 Å². The number of thiazole rings is 1. The van der Waals surface area contributed by atoms with E-state index in [9.17, 15) is 0 Å². The molecule has 1 saturated carbocycles.